The first-order chi connectivity index (χ1) is 12.1. The number of hydrogen-bond acceptors (Lipinski definition) is 5. The van der Waals surface area contributed by atoms with E-state index in [9.17, 15) is 9.59 Å². The van der Waals surface area contributed by atoms with Crippen LogP contribution in [-0.2, 0) is 4.79 Å². The molecule has 1 atom stereocenters. The highest BCUT2D eigenvalue weighted by molar-refractivity contribution is 7.17. The van der Waals surface area contributed by atoms with Crippen LogP contribution < -0.4 is 5.32 Å². The molecule has 5 rings (SSSR count). The van der Waals surface area contributed by atoms with Crippen LogP contribution >= 0.6 is 11.3 Å². The number of carboxylic acids is 1. The van der Waals surface area contributed by atoms with Crippen LogP contribution in [0.4, 0.5) is 0 Å². The van der Waals surface area contributed by atoms with Crippen LogP contribution in [0.5, 0.6) is 0 Å². The Labute approximate surface area is 148 Å². The van der Waals surface area contributed by atoms with Gasteiger partial charge in [-0.15, -0.1) is 11.3 Å². The highest BCUT2D eigenvalue weighted by atomic mass is 32.1. The summed E-state index contributed by atoms with van der Waals surface area (Å²) in [5, 5.41) is 14.4. The van der Waals surface area contributed by atoms with E-state index in [-0.39, 0.29) is 11.9 Å². The molecule has 2 aromatic rings. The molecule has 25 heavy (non-hydrogen) atoms. The number of aromatic nitrogens is 1. The van der Waals surface area contributed by atoms with Crippen molar-refractivity contribution in [3.63, 3.8) is 0 Å². The highest BCUT2D eigenvalue weighted by Gasteiger charge is 2.35. The van der Waals surface area contributed by atoms with Crippen LogP contribution in [0.3, 0.4) is 0 Å². The van der Waals surface area contributed by atoms with Crippen LogP contribution in [0.15, 0.2) is 17.6 Å². The van der Waals surface area contributed by atoms with Crippen molar-refractivity contribution in [3.8, 4) is 11.8 Å². The molecule has 5 heterocycles. The van der Waals surface area contributed by atoms with Crippen LogP contribution in [0, 0.1) is 17.8 Å². The molecule has 0 aromatic carbocycles. The molecule has 2 aromatic heterocycles. The number of carbonyl (C=O) groups excluding carboxylic acids is 1. The first kappa shape index (κ1) is 16.1. The van der Waals surface area contributed by atoms with Crippen LogP contribution in [-0.4, -0.2) is 52.5 Å². The summed E-state index contributed by atoms with van der Waals surface area (Å²) in [4.78, 5) is 29.9. The summed E-state index contributed by atoms with van der Waals surface area (Å²) in [7, 11) is 0. The third-order valence-corrected chi connectivity index (χ3v) is 5.90. The van der Waals surface area contributed by atoms with Gasteiger partial charge >= 0.3 is 5.97 Å². The van der Waals surface area contributed by atoms with Crippen molar-refractivity contribution < 1.29 is 14.7 Å². The molecule has 1 amide bonds. The number of rotatable bonds is 2. The zero-order chi connectivity index (χ0) is 17.4. The van der Waals surface area contributed by atoms with Gasteiger partial charge in [-0.05, 0) is 37.9 Å². The largest absolute Gasteiger partial charge is 0.472 e. The van der Waals surface area contributed by atoms with Gasteiger partial charge in [0, 0.05) is 41.0 Å². The fourth-order valence-electron chi connectivity index (χ4n) is 3.65. The van der Waals surface area contributed by atoms with Crippen molar-refractivity contribution in [1.82, 2.24) is 15.2 Å². The second-order valence-corrected chi connectivity index (χ2v) is 7.40. The van der Waals surface area contributed by atoms with E-state index in [1.165, 1.54) is 11.3 Å². The molecule has 3 aliphatic heterocycles. The number of nitrogens with zero attached hydrogens (tertiary/aromatic N) is 2. The predicted molar refractivity (Wildman–Crippen MR) is 94.6 cm³/mol. The van der Waals surface area contributed by atoms with E-state index in [1.54, 1.807) is 17.6 Å². The number of thiophene rings is 1. The third-order valence-electron chi connectivity index (χ3n) is 4.97. The van der Waals surface area contributed by atoms with E-state index in [0.29, 0.717) is 17.2 Å². The van der Waals surface area contributed by atoms with Gasteiger partial charge < -0.3 is 15.3 Å². The number of hydrogen-bond donors (Lipinski definition) is 2. The number of nitrogens with one attached hydrogen (secondary N) is 1. The third kappa shape index (κ3) is 3.23. The molecule has 0 aliphatic carbocycles. The van der Waals surface area contributed by atoms with Crippen molar-refractivity contribution in [1.29, 1.82) is 0 Å². The van der Waals surface area contributed by atoms with Gasteiger partial charge in [0.05, 0.1) is 4.70 Å². The predicted octanol–water partition coefficient (Wildman–Crippen LogP) is 1.56. The van der Waals surface area contributed by atoms with E-state index in [0.717, 1.165) is 42.6 Å². The zero-order valence-electron chi connectivity index (χ0n) is 13.5. The molecule has 3 fully saturated rings. The summed E-state index contributed by atoms with van der Waals surface area (Å²) in [5.74, 6) is 3.95. The Morgan fingerprint density at radius 1 is 1.36 bits per heavy atom. The average Bonchev–Trinajstić information content (AvgIpc) is 3.03. The van der Waals surface area contributed by atoms with Gasteiger partial charge in [0.25, 0.3) is 5.91 Å². The Hall–Kier alpha value is -2.43. The summed E-state index contributed by atoms with van der Waals surface area (Å²) in [6, 6.07) is 1.88. The molecule has 6 nitrogen and oxygen atoms in total. The first-order valence-corrected chi connectivity index (χ1v) is 9.13. The molecular formula is C18H17N3O3S. The number of carboxylic acid groups (broad SMARTS) is 1. The maximum Gasteiger partial charge on any atom is 0.382 e. The molecular weight excluding hydrogens is 338 g/mol. The van der Waals surface area contributed by atoms with E-state index in [4.69, 9.17) is 5.11 Å². The molecule has 2 N–H and O–H groups in total. The summed E-state index contributed by atoms with van der Waals surface area (Å²) >= 11 is 1.44. The van der Waals surface area contributed by atoms with E-state index in [2.05, 4.69) is 27.0 Å². The lowest BCUT2D eigenvalue weighted by atomic mass is 9.84. The number of amides is 1. The zero-order valence-corrected chi connectivity index (χ0v) is 14.3. The van der Waals surface area contributed by atoms with Crippen molar-refractivity contribution in [2.75, 3.05) is 19.6 Å². The molecule has 0 spiro atoms. The van der Waals surface area contributed by atoms with Gasteiger partial charge in [-0.3, -0.25) is 4.79 Å². The Bertz CT molecular complexity index is 903. The van der Waals surface area contributed by atoms with Crippen LogP contribution in [0.25, 0.3) is 10.1 Å². The van der Waals surface area contributed by atoms with Crippen LogP contribution in [0.1, 0.15) is 28.9 Å². The van der Waals surface area contributed by atoms with Gasteiger partial charge in [-0.25, -0.2) is 9.78 Å². The molecule has 0 radical (unpaired) electrons. The Morgan fingerprint density at radius 3 is 2.84 bits per heavy atom. The lowest BCUT2D eigenvalue weighted by Crippen LogP contribution is -2.57. The van der Waals surface area contributed by atoms with Gasteiger partial charge in [-0.2, -0.15) is 0 Å². The van der Waals surface area contributed by atoms with Crippen LogP contribution in [0.2, 0.25) is 0 Å². The smallest absolute Gasteiger partial charge is 0.382 e. The van der Waals surface area contributed by atoms with E-state index in [1.807, 2.05) is 0 Å². The minimum Gasteiger partial charge on any atom is -0.472 e. The minimum atomic E-state index is -1.17. The van der Waals surface area contributed by atoms with E-state index >= 15 is 0 Å². The molecule has 3 aliphatic rings. The minimum absolute atomic E-state index is 0.177. The lowest BCUT2D eigenvalue weighted by Gasteiger charge is -2.44. The summed E-state index contributed by atoms with van der Waals surface area (Å²) in [5.41, 5.74) is 0.961. The number of fused-ring (bicyclic) bond motifs is 4. The second-order valence-electron chi connectivity index (χ2n) is 6.49. The maximum atomic E-state index is 12.6. The van der Waals surface area contributed by atoms with Crippen molar-refractivity contribution in [3.05, 3.63) is 28.9 Å². The second kappa shape index (κ2) is 6.47. The molecule has 128 valence electrons. The fraction of sp³-hybridized carbons (Fsp3) is 0.389. The Balaban J connectivity index is 1.56. The fourth-order valence-corrected chi connectivity index (χ4v) is 4.49. The Morgan fingerprint density at radius 2 is 2.16 bits per heavy atom. The molecule has 7 heteroatoms. The molecule has 0 saturated carbocycles. The number of carbonyl (C=O) groups is 2. The van der Waals surface area contributed by atoms with Crippen molar-refractivity contribution >= 4 is 33.3 Å². The monoisotopic (exact) mass is 355 g/mol. The topological polar surface area (TPSA) is 82.5 Å². The van der Waals surface area contributed by atoms with E-state index < -0.39 is 5.97 Å². The lowest BCUT2D eigenvalue weighted by molar-refractivity contribution is -0.130. The number of piperidine rings is 3. The standard InChI is InChI=1S/C18H17N3O3S/c22-17(23)2-1-12-10-25-16-8-19-14(7-13(12)16)18(24)20-15-9-21-5-3-11(15)4-6-21/h7-8,10-11,15H,3-6,9H2,(H,20,24)(H,22,23)/t15-/m0/s1. The van der Waals surface area contributed by atoms with Gasteiger partial charge in [-0.1, -0.05) is 5.92 Å². The van der Waals surface area contributed by atoms with Gasteiger partial charge in [0.15, 0.2) is 0 Å². The van der Waals surface area contributed by atoms with Gasteiger partial charge in [0.1, 0.15) is 5.69 Å². The molecule has 2 bridgehead atoms. The number of aliphatic carboxylic acids is 1. The summed E-state index contributed by atoms with van der Waals surface area (Å²) in [6.07, 6.45) is 3.92. The highest BCUT2D eigenvalue weighted by Crippen LogP contribution is 2.28. The van der Waals surface area contributed by atoms with Crippen molar-refractivity contribution in [2.45, 2.75) is 18.9 Å². The SMILES string of the molecule is O=C(O)C#Cc1csc2cnc(C(=O)N[C@H]3CN4CCC3CC4)cc12. The van der Waals surface area contributed by atoms with Gasteiger partial charge in [0.2, 0.25) is 0 Å². The summed E-state index contributed by atoms with van der Waals surface area (Å²) < 4.78 is 0.883. The number of pyridine rings is 1. The molecule has 3 saturated heterocycles. The Kier molecular flexibility index (Phi) is 4.15. The normalized spacial score (nSPS) is 24.6. The summed E-state index contributed by atoms with van der Waals surface area (Å²) in [6.45, 7) is 3.16. The quantitative estimate of drug-likeness (QED) is 0.799. The molecule has 0 unspecified atom stereocenters. The first-order valence-electron chi connectivity index (χ1n) is 8.25. The van der Waals surface area contributed by atoms with Crippen molar-refractivity contribution in [2.24, 2.45) is 5.92 Å². The maximum absolute atomic E-state index is 12.6. The average molecular weight is 355 g/mol.